The maximum atomic E-state index is 13.9. The van der Waals surface area contributed by atoms with Crippen LogP contribution in [0.5, 0.6) is 5.75 Å². The van der Waals surface area contributed by atoms with E-state index in [4.69, 9.17) is 9.26 Å². The second-order valence-electron chi connectivity index (χ2n) is 6.25. The van der Waals surface area contributed by atoms with Gasteiger partial charge in [-0.1, -0.05) is 17.3 Å². The van der Waals surface area contributed by atoms with Gasteiger partial charge >= 0.3 is 6.09 Å². The highest BCUT2D eigenvalue weighted by molar-refractivity contribution is 5.70. The number of halogens is 1. The van der Waals surface area contributed by atoms with E-state index in [2.05, 4.69) is 15.1 Å². The molecule has 1 saturated heterocycles. The van der Waals surface area contributed by atoms with Crippen LogP contribution in [0.3, 0.4) is 0 Å². The predicted octanol–water partition coefficient (Wildman–Crippen LogP) is 3.65. The molecule has 1 amide bonds. The van der Waals surface area contributed by atoms with Crippen LogP contribution < -0.4 is 4.74 Å². The number of amides is 1. The summed E-state index contributed by atoms with van der Waals surface area (Å²) in [7, 11) is 0. The van der Waals surface area contributed by atoms with Crippen molar-refractivity contribution in [2.45, 2.75) is 18.8 Å². The van der Waals surface area contributed by atoms with E-state index in [9.17, 15) is 9.18 Å². The predicted molar refractivity (Wildman–Crippen MR) is 93.5 cm³/mol. The molecule has 0 radical (unpaired) electrons. The molecule has 8 heteroatoms. The van der Waals surface area contributed by atoms with Crippen LogP contribution in [-0.4, -0.2) is 39.2 Å². The first-order valence-electron chi connectivity index (χ1n) is 8.66. The van der Waals surface area contributed by atoms with Crippen molar-refractivity contribution in [3.8, 4) is 17.1 Å². The van der Waals surface area contributed by atoms with E-state index in [1.54, 1.807) is 41.4 Å². The van der Waals surface area contributed by atoms with Crippen LogP contribution in [0.25, 0.3) is 11.4 Å². The van der Waals surface area contributed by atoms with Gasteiger partial charge in [0.15, 0.2) is 5.75 Å². The summed E-state index contributed by atoms with van der Waals surface area (Å²) in [6.45, 7) is 1.03. The number of carbonyl (C=O) groups excluding carboxylic acids is 1. The van der Waals surface area contributed by atoms with Crippen LogP contribution in [0, 0.1) is 5.82 Å². The zero-order valence-electron chi connectivity index (χ0n) is 14.4. The number of aromatic nitrogens is 3. The van der Waals surface area contributed by atoms with Crippen molar-refractivity contribution in [1.82, 2.24) is 20.0 Å². The highest BCUT2D eigenvalue weighted by Gasteiger charge is 2.28. The molecule has 0 N–H and O–H groups in total. The largest absolute Gasteiger partial charge is 0.415 e. The summed E-state index contributed by atoms with van der Waals surface area (Å²) in [5.74, 6) is 0.754. The van der Waals surface area contributed by atoms with Crippen molar-refractivity contribution in [3.05, 3.63) is 60.5 Å². The van der Waals surface area contributed by atoms with Crippen molar-refractivity contribution in [1.29, 1.82) is 0 Å². The average molecular weight is 368 g/mol. The quantitative estimate of drug-likeness (QED) is 0.702. The molecule has 138 valence electrons. The number of benzene rings is 1. The number of nitrogens with zero attached hydrogens (tertiary/aromatic N) is 4. The molecule has 4 rings (SSSR count). The lowest BCUT2D eigenvalue weighted by Gasteiger charge is -2.29. The number of likely N-dealkylation sites (tertiary alicyclic amines) is 1. The monoisotopic (exact) mass is 368 g/mol. The number of rotatable bonds is 3. The lowest BCUT2D eigenvalue weighted by molar-refractivity contribution is 0.135. The summed E-state index contributed by atoms with van der Waals surface area (Å²) in [4.78, 5) is 22.1. The zero-order chi connectivity index (χ0) is 18.6. The normalized spacial score (nSPS) is 14.9. The zero-order valence-corrected chi connectivity index (χ0v) is 14.4. The van der Waals surface area contributed by atoms with Gasteiger partial charge in [0, 0.05) is 25.2 Å². The van der Waals surface area contributed by atoms with Gasteiger partial charge in [-0.05, 0) is 37.1 Å². The molecule has 0 unspecified atom stereocenters. The molecule has 0 atom stereocenters. The van der Waals surface area contributed by atoms with E-state index in [-0.39, 0.29) is 11.7 Å². The lowest BCUT2D eigenvalue weighted by atomic mass is 9.97. The summed E-state index contributed by atoms with van der Waals surface area (Å²) in [6, 6.07) is 9.69. The Labute approximate surface area is 154 Å². The van der Waals surface area contributed by atoms with Gasteiger partial charge in [0.1, 0.15) is 5.82 Å². The Balaban J connectivity index is 1.37. The molecule has 1 aromatic carbocycles. The number of hydrogen-bond donors (Lipinski definition) is 0. The van der Waals surface area contributed by atoms with Gasteiger partial charge in [-0.2, -0.15) is 4.98 Å². The minimum absolute atomic E-state index is 0.0282. The van der Waals surface area contributed by atoms with E-state index < -0.39 is 11.9 Å². The fourth-order valence-corrected chi connectivity index (χ4v) is 3.03. The molecule has 0 bridgehead atoms. The molecule has 27 heavy (non-hydrogen) atoms. The van der Waals surface area contributed by atoms with Crippen LogP contribution in [0.15, 0.2) is 53.3 Å². The molecule has 1 aliphatic rings. The van der Waals surface area contributed by atoms with Gasteiger partial charge in [0.25, 0.3) is 0 Å². The molecule has 0 spiro atoms. The average Bonchev–Trinajstić information content (AvgIpc) is 3.19. The highest BCUT2D eigenvalue weighted by atomic mass is 19.1. The third-order valence-electron chi connectivity index (χ3n) is 4.50. The van der Waals surface area contributed by atoms with Crippen molar-refractivity contribution >= 4 is 6.09 Å². The lowest BCUT2D eigenvalue weighted by Crippen LogP contribution is -2.39. The van der Waals surface area contributed by atoms with Gasteiger partial charge < -0.3 is 14.2 Å². The van der Waals surface area contributed by atoms with Crippen LogP contribution in [0.1, 0.15) is 24.7 Å². The number of piperidine rings is 1. The summed E-state index contributed by atoms with van der Waals surface area (Å²) < 4.78 is 24.5. The van der Waals surface area contributed by atoms with E-state index in [0.717, 1.165) is 0 Å². The van der Waals surface area contributed by atoms with Crippen LogP contribution in [-0.2, 0) is 0 Å². The van der Waals surface area contributed by atoms with Gasteiger partial charge in [0.2, 0.25) is 11.7 Å². The Morgan fingerprint density at radius 1 is 1.19 bits per heavy atom. The number of ether oxygens (including phenoxy) is 1. The smallest absolute Gasteiger partial charge is 0.409 e. The molecule has 1 aliphatic heterocycles. The van der Waals surface area contributed by atoms with Crippen molar-refractivity contribution < 1.29 is 18.4 Å². The maximum absolute atomic E-state index is 13.9. The fraction of sp³-hybridized carbons (Fsp3) is 0.263. The molecular weight excluding hydrogens is 351 g/mol. The first kappa shape index (κ1) is 17.1. The second kappa shape index (κ2) is 7.53. The topological polar surface area (TPSA) is 81.4 Å². The molecule has 7 nitrogen and oxygen atoms in total. The Morgan fingerprint density at radius 3 is 2.74 bits per heavy atom. The third kappa shape index (κ3) is 3.79. The van der Waals surface area contributed by atoms with Crippen LogP contribution in [0.4, 0.5) is 9.18 Å². The van der Waals surface area contributed by atoms with Crippen LogP contribution in [0.2, 0.25) is 0 Å². The highest BCUT2D eigenvalue weighted by Crippen LogP contribution is 2.29. The molecular formula is C19H17FN4O3. The maximum Gasteiger partial charge on any atom is 0.415 e. The molecule has 3 heterocycles. The fourth-order valence-electron chi connectivity index (χ4n) is 3.03. The first-order chi connectivity index (χ1) is 13.2. The van der Waals surface area contributed by atoms with Crippen molar-refractivity contribution in [2.24, 2.45) is 0 Å². The second-order valence-corrected chi connectivity index (χ2v) is 6.25. The Kier molecular flexibility index (Phi) is 4.78. The Morgan fingerprint density at radius 2 is 2.00 bits per heavy atom. The van der Waals surface area contributed by atoms with Gasteiger partial charge in [-0.3, -0.25) is 4.98 Å². The van der Waals surface area contributed by atoms with E-state index in [1.165, 1.54) is 12.3 Å². The number of carbonyl (C=O) groups is 1. The SMILES string of the molecule is O=C(Oc1cccnc1)N1CCC(c2nc(-c3ccccc3F)no2)CC1. The first-order valence-corrected chi connectivity index (χ1v) is 8.66. The molecule has 3 aromatic rings. The summed E-state index contributed by atoms with van der Waals surface area (Å²) >= 11 is 0. The standard InChI is InChI=1S/C19H17FN4O3/c20-16-6-2-1-5-15(16)17-22-18(27-23-17)13-7-10-24(11-8-13)19(25)26-14-4-3-9-21-12-14/h1-6,9,12-13H,7-8,10-11H2. The molecule has 0 aliphatic carbocycles. The summed E-state index contributed by atoms with van der Waals surface area (Å²) in [6.07, 6.45) is 4.04. The summed E-state index contributed by atoms with van der Waals surface area (Å²) in [5.41, 5.74) is 0.310. The molecule has 1 fully saturated rings. The Hall–Kier alpha value is -3.29. The van der Waals surface area contributed by atoms with Crippen molar-refractivity contribution in [3.63, 3.8) is 0 Å². The van der Waals surface area contributed by atoms with Crippen LogP contribution >= 0.6 is 0 Å². The number of pyridine rings is 1. The van der Waals surface area contributed by atoms with Crippen molar-refractivity contribution in [2.75, 3.05) is 13.1 Å². The summed E-state index contributed by atoms with van der Waals surface area (Å²) in [5, 5.41) is 3.89. The van der Waals surface area contributed by atoms with E-state index >= 15 is 0 Å². The van der Waals surface area contributed by atoms with E-state index in [1.807, 2.05) is 0 Å². The third-order valence-corrected chi connectivity index (χ3v) is 4.50. The minimum Gasteiger partial charge on any atom is -0.409 e. The van der Waals surface area contributed by atoms with Gasteiger partial charge in [-0.15, -0.1) is 0 Å². The molecule has 0 saturated carbocycles. The minimum atomic E-state index is -0.404. The number of hydrogen-bond acceptors (Lipinski definition) is 6. The van der Waals surface area contributed by atoms with E-state index in [0.29, 0.717) is 43.1 Å². The Bertz CT molecular complexity index is 923. The molecule has 2 aromatic heterocycles. The van der Waals surface area contributed by atoms with Gasteiger partial charge in [-0.25, -0.2) is 9.18 Å². The van der Waals surface area contributed by atoms with Gasteiger partial charge in [0.05, 0.1) is 11.8 Å².